The molecular formula is C13H23O4P. The Labute approximate surface area is 109 Å². The normalized spacial score (nSPS) is 18.1. The zero-order chi connectivity index (χ0) is 13.6. The van der Waals surface area contributed by atoms with Gasteiger partial charge >= 0.3 is 7.60 Å². The first-order valence-electron chi connectivity index (χ1n) is 6.54. The van der Waals surface area contributed by atoms with Gasteiger partial charge in [0.25, 0.3) is 0 Å². The molecule has 5 heteroatoms. The van der Waals surface area contributed by atoms with Crippen LogP contribution in [-0.2, 0) is 18.4 Å². The summed E-state index contributed by atoms with van der Waals surface area (Å²) in [5, 5.41) is 0. The number of allylic oxidation sites excluding steroid dienone is 1. The highest BCUT2D eigenvalue weighted by molar-refractivity contribution is 7.54. The van der Waals surface area contributed by atoms with Crippen molar-refractivity contribution in [3.8, 4) is 0 Å². The standard InChI is InChI=1S/C13H23O4P/c1-4-8-13(9-7-10-13)12(14)11-18(15,16-5-2)17-6-3/h4H,1,5-11H2,2-3H3. The summed E-state index contributed by atoms with van der Waals surface area (Å²) in [5.74, 6) is -0.00103. The predicted molar refractivity (Wildman–Crippen MR) is 71.8 cm³/mol. The van der Waals surface area contributed by atoms with Gasteiger partial charge in [0.05, 0.1) is 13.2 Å². The molecule has 0 amide bonds. The van der Waals surface area contributed by atoms with Crippen LogP contribution in [0.4, 0.5) is 0 Å². The molecule has 18 heavy (non-hydrogen) atoms. The summed E-state index contributed by atoms with van der Waals surface area (Å²) >= 11 is 0. The van der Waals surface area contributed by atoms with Gasteiger partial charge in [-0.25, -0.2) is 0 Å². The van der Waals surface area contributed by atoms with Gasteiger partial charge in [0.1, 0.15) is 6.16 Å². The molecule has 1 aliphatic carbocycles. The van der Waals surface area contributed by atoms with Gasteiger partial charge in [0.2, 0.25) is 0 Å². The van der Waals surface area contributed by atoms with Gasteiger partial charge in [-0.2, -0.15) is 0 Å². The summed E-state index contributed by atoms with van der Waals surface area (Å²) in [6.07, 6.45) is 5.08. The maximum absolute atomic E-state index is 12.3. The van der Waals surface area contributed by atoms with Crippen LogP contribution in [0.25, 0.3) is 0 Å². The largest absolute Gasteiger partial charge is 0.338 e. The van der Waals surface area contributed by atoms with E-state index in [0.29, 0.717) is 19.6 Å². The average molecular weight is 274 g/mol. The summed E-state index contributed by atoms with van der Waals surface area (Å²) in [4.78, 5) is 12.3. The molecule has 0 aliphatic heterocycles. The Kier molecular flexibility index (Phi) is 5.77. The molecule has 0 bridgehead atoms. The Balaban J connectivity index is 2.71. The number of hydrogen-bond acceptors (Lipinski definition) is 4. The van der Waals surface area contributed by atoms with Crippen molar-refractivity contribution in [1.82, 2.24) is 0 Å². The third-order valence-corrected chi connectivity index (χ3v) is 5.40. The van der Waals surface area contributed by atoms with Gasteiger partial charge in [0, 0.05) is 5.41 Å². The minimum Gasteiger partial charge on any atom is -0.309 e. The van der Waals surface area contributed by atoms with Gasteiger partial charge in [-0.15, -0.1) is 6.58 Å². The van der Waals surface area contributed by atoms with Crippen molar-refractivity contribution in [3.63, 3.8) is 0 Å². The molecule has 0 radical (unpaired) electrons. The quantitative estimate of drug-likeness (QED) is 0.476. The van der Waals surface area contributed by atoms with Crippen molar-refractivity contribution >= 4 is 13.4 Å². The zero-order valence-electron chi connectivity index (χ0n) is 11.3. The second-order valence-corrected chi connectivity index (χ2v) is 6.71. The monoisotopic (exact) mass is 274 g/mol. The van der Waals surface area contributed by atoms with Gasteiger partial charge in [0.15, 0.2) is 5.78 Å². The van der Waals surface area contributed by atoms with Crippen LogP contribution < -0.4 is 0 Å². The fourth-order valence-corrected chi connectivity index (χ4v) is 4.07. The molecule has 0 atom stereocenters. The molecule has 0 heterocycles. The summed E-state index contributed by atoms with van der Waals surface area (Å²) in [5.41, 5.74) is -0.356. The highest BCUT2D eigenvalue weighted by Crippen LogP contribution is 2.53. The molecule has 1 rings (SSSR count). The van der Waals surface area contributed by atoms with Crippen LogP contribution in [0.15, 0.2) is 12.7 Å². The molecule has 0 spiro atoms. The van der Waals surface area contributed by atoms with Crippen molar-refractivity contribution in [3.05, 3.63) is 12.7 Å². The molecule has 4 nitrogen and oxygen atoms in total. The van der Waals surface area contributed by atoms with E-state index in [1.54, 1.807) is 19.9 Å². The third kappa shape index (κ3) is 3.53. The van der Waals surface area contributed by atoms with Crippen LogP contribution in [-0.4, -0.2) is 25.2 Å². The van der Waals surface area contributed by atoms with Gasteiger partial charge in [-0.05, 0) is 33.1 Å². The van der Waals surface area contributed by atoms with Gasteiger partial charge in [-0.1, -0.05) is 12.5 Å². The van der Waals surface area contributed by atoms with Crippen molar-refractivity contribution < 1.29 is 18.4 Å². The van der Waals surface area contributed by atoms with E-state index in [1.807, 2.05) is 0 Å². The van der Waals surface area contributed by atoms with Crippen molar-refractivity contribution in [2.24, 2.45) is 5.41 Å². The van der Waals surface area contributed by atoms with E-state index in [-0.39, 0.29) is 17.4 Å². The highest BCUT2D eigenvalue weighted by atomic mass is 31.2. The Morgan fingerprint density at radius 1 is 1.33 bits per heavy atom. The lowest BCUT2D eigenvalue weighted by atomic mass is 9.64. The smallest absolute Gasteiger partial charge is 0.309 e. The number of Topliss-reactive ketones (excluding diaryl/α,β-unsaturated/α-hetero) is 1. The van der Waals surface area contributed by atoms with E-state index in [2.05, 4.69) is 6.58 Å². The van der Waals surface area contributed by atoms with Gasteiger partial charge in [-0.3, -0.25) is 9.36 Å². The van der Waals surface area contributed by atoms with E-state index in [1.165, 1.54) is 0 Å². The van der Waals surface area contributed by atoms with Crippen LogP contribution in [0.2, 0.25) is 0 Å². The average Bonchev–Trinajstić information content (AvgIpc) is 2.23. The van der Waals surface area contributed by atoms with Crippen LogP contribution in [0.1, 0.15) is 39.5 Å². The summed E-state index contributed by atoms with van der Waals surface area (Å²) in [6, 6.07) is 0. The van der Waals surface area contributed by atoms with Crippen LogP contribution >= 0.6 is 7.60 Å². The maximum atomic E-state index is 12.3. The van der Waals surface area contributed by atoms with E-state index in [9.17, 15) is 9.36 Å². The van der Waals surface area contributed by atoms with Crippen LogP contribution in [0.3, 0.4) is 0 Å². The lowest BCUT2D eigenvalue weighted by molar-refractivity contribution is -0.130. The number of carbonyl (C=O) groups is 1. The van der Waals surface area contributed by atoms with Crippen molar-refractivity contribution in [2.45, 2.75) is 39.5 Å². The first kappa shape index (κ1) is 15.6. The number of carbonyl (C=O) groups excluding carboxylic acids is 1. The van der Waals surface area contributed by atoms with E-state index in [0.717, 1.165) is 19.3 Å². The number of rotatable bonds is 9. The molecule has 0 unspecified atom stereocenters. The molecule has 0 saturated heterocycles. The van der Waals surface area contributed by atoms with Crippen molar-refractivity contribution in [2.75, 3.05) is 19.4 Å². The Morgan fingerprint density at radius 2 is 1.89 bits per heavy atom. The minimum absolute atomic E-state index is 0.00103. The second kappa shape index (κ2) is 6.65. The Hall–Kier alpha value is -0.440. The second-order valence-electron chi connectivity index (χ2n) is 4.65. The number of ketones is 1. The molecule has 0 aromatic rings. The molecular weight excluding hydrogens is 251 g/mol. The molecule has 1 fully saturated rings. The molecule has 1 saturated carbocycles. The summed E-state index contributed by atoms with van der Waals surface area (Å²) in [7, 11) is -3.26. The fraction of sp³-hybridized carbons (Fsp3) is 0.769. The number of hydrogen-bond donors (Lipinski definition) is 0. The zero-order valence-corrected chi connectivity index (χ0v) is 12.2. The van der Waals surface area contributed by atoms with E-state index >= 15 is 0 Å². The molecule has 104 valence electrons. The van der Waals surface area contributed by atoms with E-state index in [4.69, 9.17) is 9.05 Å². The minimum atomic E-state index is -3.26. The lowest BCUT2D eigenvalue weighted by Crippen LogP contribution is -2.39. The first-order valence-corrected chi connectivity index (χ1v) is 8.27. The Morgan fingerprint density at radius 3 is 2.22 bits per heavy atom. The maximum Gasteiger partial charge on any atom is 0.338 e. The topological polar surface area (TPSA) is 52.6 Å². The first-order chi connectivity index (χ1) is 8.52. The molecule has 0 aromatic carbocycles. The molecule has 0 N–H and O–H groups in total. The lowest BCUT2D eigenvalue weighted by Gasteiger charge is -2.40. The summed E-state index contributed by atoms with van der Waals surface area (Å²) < 4.78 is 22.7. The third-order valence-electron chi connectivity index (χ3n) is 3.43. The van der Waals surface area contributed by atoms with E-state index < -0.39 is 7.60 Å². The van der Waals surface area contributed by atoms with Crippen LogP contribution in [0, 0.1) is 5.41 Å². The highest BCUT2D eigenvalue weighted by Gasteiger charge is 2.45. The van der Waals surface area contributed by atoms with Crippen LogP contribution in [0.5, 0.6) is 0 Å². The Bertz CT molecular complexity index is 337. The predicted octanol–water partition coefficient (Wildman–Crippen LogP) is 3.57. The van der Waals surface area contributed by atoms with Gasteiger partial charge < -0.3 is 9.05 Å². The summed E-state index contributed by atoms with van der Waals surface area (Å²) in [6.45, 7) is 7.77. The van der Waals surface area contributed by atoms with Crippen molar-refractivity contribution in [1.29, 1.82) is 0 Å². The fourth-order valence-electron chi connectivity index (χ4n) is 2.34. The SMILES string of the molecule is C=CCC1(C(=O)CP(=O)(OCC)OCC)CCC1. The molecule has 1 aliphatic rings. The molecule has 0 aromatic heterocycles.